The number of H-pyrrole nitrogens is 1. The standard InChI is InChI=1S/C19H13F3N6/c20-19(21,22)18-12(9-26-28-18)16-7-10(14-3-1-2-6-25-14)17-11(8-23)13(24)4-5-15(17)27-16/h1-9,23H,24H2,(H,26,28). The van der Waals surface area contributed by atoms with Crippen molar-refractivity contribution in [2.45, 2.75) is 6.18 Å². The van der Waals surface area contributed by atoms with E-state index >= 15 is 0 Å². The number of halogens is 3. The number of anilines is 1. The molecule has 0 aliphatic carbocycles. The van der Waals surface area contributed by atoms with Crippen molar-refractivity contribution in [3.63, 3.8) is 0 Å². The quantitative estimate of drug-likeness (QED) is 0.363. The lowest BCUT2D eigenvalue weighted by Crippen LogP contribution is -2.08. The molecule has 4 aromatic rings. The molecule has 0 spiro atoms. The summed E-state index contributed by atoms with van der Waals surface area (Å²) in [6, 6.07) is 9.93. The number of fused-ring (bicyclic) bond motifs is 1. The number of nitrogen functional groups attached to an aromatic ring is 1. The van der Waals surface area contributed by atoms with E-state index in [9.17, 15) is 13.2 Å². The Balaban J connectivity index is 2.09. The summed E-state index contributed by atoms with van der Waals surface area (Å²) in [7, 11) is 0. The zero-order valence-corrected chi connectivity index (χ0v) is 14.2. The zero-order chi connectivity index (χ0) is 19.9. The number of nitrogens with zero attached hydrogens (tertiary/aromatic N) is 3. The van der Waals surface area contributed by atoms with Gasteiger partial charge in [-0.1, -0.05) is 6.07 Å². The highest BCUT2D eigenvalue weighted by atomic mass is 19.4. The third-order valence-corrected chi connectivity index (χ3v) is 4.33. The molecular weight excluding hydrogens is 369 g/mol. The van der Waals surface area contributed by atoms with E-state index in [1.807, 2.05) is 5.10 Å². The second kappa shape index (κ2) is 6.45. The predicted octanol–water partition coefficient (Wildman–Crippen LogP) is 4.29. The van der Waals surface area contributed by atoms with E-state index in [1.165, 1.54) is 6.07 Å². The second-order valence-corrected chi connectivity index (χ2v) is 6.03. The number of aromatic amines is 1. The summed E-state index contributed by atoms with van der Waals surface area (Å²) in [6.45, 7) is 0. The molecule has 0 saturated heterocycles. The van der Waals surface area contributed by atoms with E-state index in [0.29, 0.717) is 33.4 Å². The average molecular weight is 382 g/mol. The van der Waals surface area contributed by atoms with Crippen molar-refractivity contribution in [2.24, 2.45) is 0 Å². The van der Waals surface area contributed by atoms with Crippen molar-refractivity contribution in [3.05, 3.63) is 60.0 Å². The zero-order valence-electron chi connectivity index (χ0n) is 14.2. The van der Waals surface area contributed by atoms with Crippen LogP contribution in [0.25, 0.3) is 33.4 Å². The molecule has 9 heteroatoms. The van der Waals surface area contributed by atoms with Crippen LogP contribution >= 0.6 is 0 Å². The lowest BCUT2D eigenvalue weighted by molar-refractivity contribution is -0.140. The SMILES string of the molecule is N=Cc1c(N)ccc2nc(-c3cn[nH]c3C(F)(F)F)cc(-c3ccccn3)c12. The number of pyridine rings is 2. The molecular formula is C19H13F3N6. The van der Waals surface area contributed by atoms with Crippen LogP contribution in [-0.2, 0) is 6.18 Å². The molecule has 4 N–H and O–H groups in total. The van der Waals surface area contributed by atoms with Crippen LogP contribution < -0.4 is 5.73 Å². The summed E-state index contributed by atoms with van der Waals surface area (Å²) in [5.41, 5.74) is 7.20. The number of benzene rings is 1. The molecule has 3 aromatic heterocycles. The number of aromatic nitrogens is 4. The summed E-state index contributed by atoms with van der Waals surface area (Å²) in [6.07, 6.45) is -0.829. The minimum atomic E-state index is -4.60. The molecule has 0 bridgehead atoms. The van der Waals surface area contributed by atoms with E-state index in [-0.39, 0.29) is 11.3 Å². The fourth-order valence-electron chi connectivity index (χ4n) is 3.09. The van der Waals surface area contributed by atoms with Crippen molar-refractivity contribution < 1.29 is 13.2 Å². The Morgan fingerprint density at radius 1 is 1.07 bits per heavy atom. The molecule has 0 aliphatic rings. The number of nitrogens with one attached hydrogen (secondary N) is 2. The third-order valence-electron chi connectivity index (χ3n) is 4.33. The first-order chi connectivity index (χ1) is 13.4. The summed E-state index contributed by atoms with van der Waals surface area (Å²) in [5, 5.41) is 13.8. The molecule has 0 fully saturated rings. The maximum atomic E-state index is 13.3. The van der Waals surface area contributed by atoms with Gasteiger partial charge >= 0.3 is 6.18 Å². The van der Waals surface area contributed by atoms with Crippen LogP contribution in [0.15, 0.2) is 48.8 Å². The molecule has 0 radical (unpaired) electrons. The molecule has 0 atom stereocenters. The van der Waals surface area contributed by atoms with E-state index < -0.39 is 11.9 Å². The minimum absolute atomic E-state index is 0.0925. The third kappa shape index (κ3) is 2.86. The monoisotopic (exact) mass is 382 g/mol. The summed E-state index contributed by atoms with van der Waals surface area (Å²) >= 11 is 0. The van der Waals surface area contributed by atoms with E-state index in [1.54, 1.807) is 36.5 Å². The van der Waals surface area contributed by atoms with Crippen molar-refractivity contribution in [3.8, 4) is 22.5 Å². The smallest absolute Gasteiger partial charge is 0.398 e. The van der Waals surface area contributed by atoms with Crippen LogP contribution in [0.3, 0.4) is 0 Å². The van der Waals surface area contributed by atoms with Crippen LogP contribution in [0, 0.1) is 5.41 Å². The predicted molar refractivity (Wildman–Crippen MR) is 99.9 cm³/mol. The van der Waals surface area contributed by atoms with Gasteiger partial charge in [0.15, 0.2) is 0 Å². The van der Waals surface area contributed by atoms with Gasteiger partial charge in [0.05, 0.1) is 28.7 Å². The topological polar surface area (TPSA) is 104 Å². The molecule has 0 unspecified atom stereocenters. The minimum Gasteiger partial charge on any atom is -0.398 e. The molecule has 4 rings (SSSR count). The molecule has 3 heterocycles. The Morgan fingerprint density at radius 2 is 1.89 bits per heavy atom. The van der Waals surface area contributed by atoms with Gasteiger partial charge in [0.1, 0.15) is 5.69 Å². The van der Waals surface area contributed by atoms with Crippen molar-refractivity contribution in [1.82, 2.24) is 20.2 Å². The Bertz CT molecular complexity index is 1180. The van der Waals surface area contributed by atoms with Crippen molar-refractivity contribution >= 4 is 22.8 Å². The number of rotatable bonds is 3. The maximum Gasteiger partial charge on any atom is 0.433 e. The molecule has 0 amide bonds. The summed E-state index contributed by atoms with van der Waals surface area (Å²) in [4.78, 5) is 8.69. The first-order valence-corrected chi connectivity index (χ1v) is 8.16. The summed E-state index contributed by atoms with van der Waals surface area (Å²) < 4.78 is 40.0. The highest BCUT2D eigenvalue weighted by Gasteiger charge is 2.36. The molecule has 0 aliphatic heterocycles. The van der Waals surface area contributed by atoms with E-state index in [0.717, 1.165) is 12.4 Å². The maximum absolute atomic E-state index is 13.3. The van der Waals surface area contributed by atoms with Gasteiger partial charge in [-0.2, -0.15) is 18.3 Å². The molecule has 140 valence electrons. The van der Waals surface area contributed by atoms with Crippen LogP contribution in [0.1, 0.15) is 11.3 Å². The van der Waals surface area contributed by atoms with Gasteiger partial charge in [-0.25, -0.2) is 4.98 Å². The highest BCUT2D eigenvalue weighted by molar-refractivity contribution is 6.09. The molecule has 6 nitrogen and oxygen atoms in total. The second-order valence-electron chi connectivity index (χ2n) is 6.03. The van der Waals surface area contributed by atoms with E-state index in [4.69, 9.17) is 11.1 Å². The van der Waals surface area contributed by atoms with Gasteiger partial charge in [-0.15, -0.1) is 0 Å². The van der Waals surface area contributed by atoms with Gasteiger partial charge < -0.3 is 11.1 Å². The fraction of sp³-hybridized carbons (Fsp3) is 0.0526. The largest absolute Gasteiger partial charge is 0.433 e. The first kappa shape index (κ1) is 17.7. The van der Waals surface area contributed by atoms with Gasteiger partial charge in [-0.05, 0) is 30.3 Å². The lowest BCUT2D eigenvalue weighted by atomic mass is 9.97. The van der Waals surface area contributed by atoms with E-state index in [2.05, 4.69) is 15.1 Å². The van der Waals surface area contributed by atoms with Gasteiger partial charge in [-0.3, -0.25) is 10.1 Å². The van der Waals surface area contributed by atoms with Crippen LogP contribution in [0.5, 0.6) is 0 Å². The van der Waals surface area contributed by atoms with Gasteiger partial charge in [0, 0.05) is 34.6 Å². The Hall–Kier alpha value is -3.75. The average Bonchev–Trinajstić information content (AvgIpc) is 3.18. The fourth-order valence-corrected chi connectivity index (χ4v) is 3.09. The molecule has 1 aromatic carbocycles. The van der Waals surface area contributed by atoms with Crippen molar-refractivity contribution in [2.75, 3.05) is 5.73 Å². The van der Waals surface area contributed by atoms with Crippen LogP contribution in [0.4, 0.5) is 18.9 Å². The number of alkyl halides is 3. The Morgan fingerprint density at radius 3 is 2.57 bits per heavy atom. The van der Waals surface area contributed by atoms with Crippen LogP contribution in [0.2, 0.25) is 0 Å². The Kier molecular flexibility index (Phi) is 4.07. The van der Waals surface area contributed by atoms with Gasteiger partial charge in [0.2, 0.25) is 0 Å². The van der Waals surface area contributed by atoms with Crippen LogP contribution in [-0.4, -0.2) is 26.4 Å². The molecule has 0 saturated carbocycles. The Labute approximate surface area is 156 Å². The molecule has 28 heavy (non-hydrogen) atoms. The highest BCUT2D eigenvalue weighted by Crippen LogP contribution is 2.38. The summed E-state index contributed by atoms with van der Waals surface area (Å²) in [5.74, 6) is 0. The number of nitrogens with two attached hydrogens (primary N) is 1. The number of hydrogen-bond donors (Lipinski definition) is 3. The number of hydrogen-bond acceptors (Lipinski definition) is 5. The van der Waals surface area contributed by atoms with Gasteiger partial charge in [0.25, 0.3) is 0 Å². The first-order valence-electron chi connectivity index (χ1n) is 8.16. The lowest BCUT2D eigenvalue weighted by Gasteiger charge is -2.13. The normalized spacial score (nSPS) is 11.7. The van der Waals surface area contributed by atoms with Crippen molar-refractivity contribution in [1.29, 1.82) is 5.41 Å².